The minimum Gasteiger partial charge on any atom is -0.491 e. The van der Waals surface area contributed by atoms with E-state index >= 15 is 0 Å². The fourth-order valence-electron chi connectivity index (χ4n) is 7.27. The molecule has 1 aromatic carbocycles. The van der Waals surface area contributed by atoms with E-state index in [-0.39, 0.29) is 0 Å². The topological polar surface area (TPSA) is 21.8 Å². The zero-order valence-corrected chi connectivity index (χ0v) is 13.7. The van der Waals surface area contributed by atoms with Gasteiger partial charge in [0.1, 0.15) is 18.5 Å². The van der Waals surface area contributed by atoms with Gasteiger partial charge in [0.2, 0.25) is 0 Å². The second-order valence-electron chi connectivity index (χ2n) is 8.89. The van der Waals surface area contributed by atoms with E-state index < -0.39 is 0 Å². The van der Waals surface area contributed by atoms with Crippen LogP contribution in [0.3, 0.4) is 0 Å². The molecule has 7 unspecified atom stereocenters. The molecule has 0 N–H and O–H groups in total. The van der Waals surface area contributed by atoms with Crippen molar-refractivity contribution in [2.24, 2.45) is 29.6 Å². The fraction of sp³-hybridized carbons (Fsp3) is 0.714. The van der Waals surface area contributed by atoms with Crippen LogP contribution >= 0.6 is 0 Å². The van der Waals surface area contributed by atoms with E-state index in [4.69, 9.17) is 9.47 Å². The molecule has 0 spiro atoms. The summed E-state index contributed by atoms with van der Waals surface area (Å²) in [5, 5.41) is 0. The Morgan fingerprint density at radius 2 is 1.87 bits per heavy atom. The first-order valence-electron chi connectivity index (χ1n) is 9.68. The Balaban J connectivity index is 1.29. The highest BCUT2D eigenvalue weighted by Gasteiger charge is 2.66. The van der Waals surface area contributed by atoms with Gasteiger partial charge in [-0.3, -0.25) is 0 Å². The molecule has 1 saturated heterocycles. The Hall–Kier alpha value is -1.02. The van der Waals surface area contributed by atoms with Gasteiger partial charge in [-0.15, -0.1) is 0 Å². The molecule has 1 aliphatic heterocycles. The first-order chi connectivity index (χ1) is 11.3. The molecule has 7 atom stereocenters. The summed E-state index contributed by atoms with van der Waals surface area (Å²) < 4.78 is 11.1. The summed E-state index contributed by atoms with van der Waals surface area (Å²) in [6, 6.07) is 9.19. The molecule has 4 saturated carbocycles. The van der Waals surface area contributed by atoms with Gasteiger partial charge in [-0.1, -0.05) is 12.1 Å². The van der Waals surface area contributed by atoms with Crippen molar-refractivity contribution in [2.45, 2.75) is 50.0 Å². The van der Waals surface area contributed by atoms with Crippen LogP contribution < -0.4 is 4.74 Å². The van der Waals surface area contributed by atoms with E-state index in [2.05, 4.69) is 24.3 Å². The predicted octanol–water partition coefficient (Wildman–Crippen LogP) is 4.18. The second kappa shape index (κ2) is 4.53. The first kappa shape index (κ1) is 13.3. The molecular weight excluding hydrogens is 284 g/mol. The second-order valence-corrected chi connectivity index (χ2v) is 8.89. The van der Waals surface area contributed by atoms with Gasteiger partial charge in [-0.25, -0.2) is 0 Å². The van der Waals surface area contributed by atoms with Gasteiger partial charge in [0.25, 0.3) is 0 Å². The number of hydrogen-bond acceptors (Lipinski definition) is 2. The van der Waals surface area contributed by atoms with Crippen LogP contribution in [0.25, 0.3) is 0 Å². The summed E-state index contributed by atoms with van der Waals surface area (Å²) in [6.45, 7) is 1.58. The van der Waals surface area contributed by atoms with Gasteiger partial charge < -0.3 is 9.47 Å². The monoisotopic (exact) mass is 310 g/mol. The largest absolute Gasteiger partial charge is 0.491 e. The smallest absolute Gasteiger partial charge is 0.119 e. The van der Waals surface area contributed by atoms with Crippen molar-refractivity contribution < 1.29 is 9.47 Å². The van der Waals surface area contributed by atoms with Gasteiger partial charge in [0, 0.05) is 0 Å². The number of fused-ring (bicyclic) bond motifs is 9. The van der Waals surface area contributed by atoms with Crippen LogP contribution in [-0.4, -0.2) is 19.3 Å². The standard InChI is InChI=1S/C21H26O2/c1-2-14-9-13(1)19-15-7-8-21(10-15,20(14)19)16-3-5-17(6-4-16)22-11-18-12-23-18/h3-6,13-15,18-20H,1-2,7-12H2. The molecule has 122 valence electrons. The number of epoxide rings is 1. The molecule has 5 fully saturated rings. The number of benzene rings is 1. The summed E-state index contributed by atoms with van der Waals surface area (Å²) in [4.78, 5) is 0. The van der Waals surface area contributed by atoms with Gasteiger partial charge in [0.15, 0.2) is 0 Å². The fourth-order valence-corrected chi connectivity index (χ4v) is 7.27. The lowest BCUT2D eigenvalue weighted by molar-refractivity contribution is 0.124. The van der Waals surface area contributed by atoms with E-state index in [0.717, 1.165) is 41.9 Å². The van der Waals surface area contributed by atoms with Crippen molar-refractivity contribution in [1.29, 1.82) is 0 Å². The Bertz CT molecular complexity index is 619. The lowest BCUT2D eigenvalue weighted by Gasteiger charge is -2.42. The highest BCUT2D eigenvalue weighted by molar-refractivity contribution is 5.37. The third-order valence-electron chi connectivity index (χ3n) is 8.02. The van der Waals surface area contributed by atoms with Crippen molar-refractivity contribution in [3.05, 3.63) is 29.8 Å². The molecule has 4 bridgehead atoms. The van der Waals surface area contributed by atoms with Crippen LogP contribution in [0, 0.1) is 29.6 Å². The maximum absolute atomic E-state index is 5.84. The summed E-state index contributed by atoms with van der Waals surface area (Å²) in [5.74, 6) is 6.25. The van der Waals surface area contributed by atoms with E-state index in [9.17, 15) is 0 Å². The van der Waals surface area contributed by atoms with Crippen LogP contribution in [-0.2, 0) is 10.2 Å². The number of rotatable bonds is 4. The highest BCUT2D eigenvalue weighted by Crippen LogP contribution is 2.72. The lowest BCUT2D eigenvalue weighted by atomic mass is 9.62. The molecule has 0 amide bonds. The van der Waals surface area contributed by atoms with Crippen molar-refractivity contribution in [3.8, 4) is 5.75 Å². The molecule has 2 nitrogen and oxygen atoms in total. The SMILES string of the molecule is c1cc(C23CCC(C2)C2C4CCC(C4)C23)ccc1OCC1CO1. The Morgan fingerprint density at radius 3 is 2.70 bits per heavy atom. The summed E-state index contributed by atoms with van der Waals surface area (Å²) in [7, 11) is 0. The minimum atomic E-state index is 0.341. The Labute approximate surface area is 138 Å². The first-order valence-corrected chi connectivity index (χ1v) is 9.68. The van der Waals surface area contributed by atoms with Crippen LogP contribution in [0.1, 0.15) is 44.1 Å². The molecule has 6 rings (SSSR count). The summed E-state index contributed by atoms with van der Waals surface area (Å²) in [5.41, 5.74) is 2.14. The minimum absolute atomic E-state index is 0.341. The maximum atomic E-state index is 5.84. The predicted molar refractivity (Wildman–Crippen MR) is 88.5 cm³/mol. The van der Waals surface area contributed by atoms with Crippen molar-refractivity contribution >= 4 is 0 Å². The highest BCUT2D eigenvalue weighted by atomic mass is 16.6. The van der Waals surface area contributed by atoms with Crippen LogP contribution in [0.2, 0.25) is 0 Å². The summed E-state index contributed by atoms with van der Waals surface area (Å²) in [6.07, 6.45) is 9.35. The van der Waals surface area contributed by atoms with Gasteiger partial charge in [-0.05, 0) is 91.2 Å². The van der Waals surface area contributed by atoms with Crippen LogP contribution in [0.5, 0.6) is 5.75 Å². The summed E-state index contributed by atoms with van der Waals surface area (Å²) >= 11 is 0. The molecular formula is C21H26O2. The van der Waals surface area contributed by atoms with E-state index in [1.807, 2.05) is 0 Å². The molecule has 0 aromatic heterocycles. The molecule has 0 radical (unpaired) electrons. The lowest BCUT2D eigenvalue weighted by Crippen LogP contribution is -2.38. The van der Waals surface area contributed by atoms with E-state index in [0.29, 0.717) is 18.1 Å². The molecule has 2 heteroatoms. The molecule has 1 aromatic rings. The maximum Gasteiger partial charge on any atom is 0.119 e. The van der Waals surface area contributed by atoms with Gasteiger partial charge in [0.05, 0.1) is 6.61 Å². The molecule has 23 heavy (non-hydrogen) atoms. The zero-order valence-electron chi connectivity index (χ0n) is 13.7. The average Bonchev–Trinajstić information content (AvgIpc) is 2.99. The van der Waals surface area contributed by atoms with Crippen molar-refractivity contribution in [3.63, 3.8) is 0 Å². The Kier molecular flexibility index (Phi) is 2.62. The molecule has 1 heterocycles. The van der Waals surface area contributed by atoms with E-state index in [1.165, 1.54) is 32.1 Å². The zero-order chi connectivity index (χ0) is 15.0. The van der Waals surface area contributed by atoms with E-state index in [1.54, 1.807) is 12.0 Å². The number of hydrogen-bond donors (Lipinski definition) is 0. The molecule has 5 aliphatic rings. The van der Waals surface area contributed by atoms with Crippen molar-refractivity contribution in [1.82, 2.24) is 0 Å². The quantitative estimate of drug-likeness (QED) is 0.615. The van der Waals surface area contributed by atoms with Crippen LogP contribution in [0.15, 0.2) is 24.3 Å². The number of ether oxygens (including phenoxy) is 2. The average molecular weight is 310 g/mol. The third kappa shape index (κ3) is 1.79. The normalized spacial score (nSPS) is 48.7. The van der Waals surface area contributed by atoms with Gasteiger partial charge in [-0.2, -0.15) is 0 Å². The Morgan fingerprint density at radius 1 is 1.04 bits per heavy atom. The molecule has 4 aliphatic carbocycles. The third-order valence-corrected chi connectivity index (χ3v) is 8.02. The van der Waals surface area contributed by atoms with Gasteiger partial charge >= 0.3 is 0 Å². The van der Waals surface area contributed by atoms with Crippen molar-refractivity contribution in [2.75, 3.05) is 13.2 Å². The van der Waals surface area contributed by atoms with Crippen LogP contribution in [0.4, 0.5) is 0 Å².